The van der Waals surface area contributed by atoms with Crippen LogP contribution in [0.25, 0.3) is 5.57 Å². The summed E-state index contributed by atoms with van der Waals surface area (Å²) in [5.74, 6) is 0.0201. The number of likely N-dealkylation sites (N-methyl/N-ethyl adjacent to an activating group) is 1. The van der Waals surface area contributed by atoms with E-state index in [0.717, 1.165) is 30.5 Å². The van der Waals surface area contributed by atoms with Crippen molar-refractivity contribution in [2.75, 3.05) is 20.6 Å². The molecule has 0 saturated carbocycles. The molecule has 1 aromatic rings. The highest BCUT2D eigenvalue weighted by Gasteiger charge is 2.18. The van der Waals surface area contributed by atoms with Gasteiger partial charge in [0.05, 0.1) is 0 Å². The van der Waals surface area contributed by atoms with Gasteiger partial charge in [-0.1, -0.05) is 12.1 Å². The second-order valence-corrected chi connectivity index (χ2v) is 4.47. The van der Waals surface area contributed by atoms with Crippen LogP contribution in [0.3, 0.4) is 0 Å². The van der Waals surface area contributed by atoms with Gasteiger partial charge < -0.3 is 15.1 Å². The average Bonchev–Trinajstić information content (AvgIpc) is 2.23. The molecule has 1 aliphatic rings. The monoisotopic (exact) mass is 219 g/mol. The van der Waals surface area contributed by atoms with E-state index in [2.05, 4.69) is 11.0 Å². The third kappa shape index (κ3) is 1.91. The molecule has 16 heavy (non-hydrogen) atoms. The predicted octanol–water partition coefficient (Wildman–Crippen LogP) is 1.99. The number of aromatic hydroxyl groups is 2. The topological polar surface area (TPSA) is 43.7 Å². The molecule has 1 aliphatic carbocycles. The van der Waals surface area contributed by atoms with Crippen LogP contribution in [0.2, 0.25) is 0 Å². The predicted molar refractivity (Wildman–Crippen MR) is 64.6 cm³/mol. The average molecular weight is 219 g/mol. The van der Waals surface area contributed by atoms with Crippen molar-refractivity contribution in [1.29, 1.82) is 0 Å². The number of phenolic OH excluding ortho intramolecular Hbond substituents is 2. The third-order valence-electron chi connectivity index (χ3n) is 2.88. The molecule has 0 saturated heterocycles. The Labute approximate surface area is 95.6 Å². The molecule has 0 aromatic heterocycles. The van der Waals surface area contributed by atoms with Crippen molar-refractivity contribution < 1.29 is 10.2 Å². The van der Waals surface area contributed by atoms with Crippen molar-refractivity contribution in [1.82, 2.24) is 4.90 Å². The molecule has 0 aliphatic heterocycles. The lowest BCUT2D eigenvalue weighted by atomic mass is 9.89. The lowest BCUT2D eigenvalue weighted by Crippen LogP contribution is -2.16. The van der Waals surface area contributed by atoms with E-state index >= 15 is 0 Å². The number of allylic oxidation sites excluding steroid dienone is 1. The van der Waals surface area contributed by atoms with E-state index in [1.807, 2.05) is 20.2 Å². The first-order chi connectivity index (χ1) is 7.59. The van der Waals surface area contributed by atoms with Gasteiger partial charge in [0.15, 0.2) is 11.5 Å². The molecule has 0 heterocycles. The van der Waals surface area contributed by atoms with Crippen LogP contribution in [-0.2, 0) is 6.42 Å². The summed E-state index contributed by atoms with van der Waals surface area (Å²) in [4.78, 5) is 2.10. The SMILES string of the molecule is CN(C)CC1=CCCc2c1ccc(O)c2O. The van der Waals surface area contributed by atoms with Crippen LogP contribution in [0.15, 0.2) is 18.2 Å². The first-order valence-corrected chi connectivity index (χ1v) is 5.47. The molecule has 0 atom stereocenters. The van der Waals surface area contributed by atoms with Crippen LogP contribution in [0, 0.1) is 0 Å². The zero-order valence-corrected chi connectivity index (χ0v) is 9.70. The van der Waals surface area contributed by atoms with Crippen LogP contribution in [0.4, 0.5) is 0 Å². The maximum atomic E-state index is 9.80. The zero-order valence-electron chi connectivity index (χ0n) is 9.70. The van der Waals surface area contributed by atoms with Crippen LogP contribution >= 0.6 is 0 Å². The largest absolute Gasteiger partial charge is 0.504 e. The first kappa shape index (κ1) is 11.0. The number of rotatable bonds is 2. The summed E-state index contributed by atoms with van der Waals surface area (Å²) in [5.41, 5.74) is 3.16. The highest BCUT2D eigenvalue weighted by Crippen LogP contribution is 2.38. The number of benzene rings is 1. The number of nitrogens with zero attached hydrogens (tertiary/aromatic N) is 1. The van der Waals surface area contributed by atoms with Gasteiger partial charge in [0, 0.05) is 12.1 Å². The van der Waals surface area contributed by atoms with E-state index in [4.69, 9.17) is 0 Å². The molecule has 0 unspecified atom stereocenters. The van der Waals surface area contributed by atoms with Crippen LogP contribution in [0.5, 0.6) is 11.5 Å². The Morgan fingerprint density at radius 2 is 2.00 bits per heavy atom. The molecule has 0 fully saturated rings. The van der Waals surface area contributed by atoms with Gasteiger partial charge in [-0.15, -0.1) is 0 Å². The second kappa shape index (κ2) is 4.18. The molecule has 2 rings (SSSR count). The fourth-order valence-corrected chi connectivity index (χ4v) is 2.17. The number of fused-ring (bicyclic) bond motifs is 1. The standard InChI is InChI=1S/C13H17NO2/c1-14(2)8-9-4-3-5-11-10(9)6-7-12(15)13(11)16/h4,6-7,15-16H,3,5,8H2,1-2H3. The van der Waals surface area contributed by atoms with Crippen molar-refractivity contribution >= 4 is 5.57 Å². The molecule has 3 heteroatoms. The van der Waals surface area contributed by atoms with Crippen LogP contribution in [-0.4, -0.2) is 35.8 Å². The van der Waals surface area contributed by atoms with Crippen molar-refractivity contribution in [2.24, 2.45) is 0 Å². The molecule has 1 aromatic carbocycles. The molecule has 0 bridgehead atoms. The molecule has 3 nitrogen and oxygen atoms in total. The van der Waals surface area contributed by atoms with Gasteiger partial charge in [-0.05, 0) is 44.1 Å². The maximum absolute atomic E-state index is 9.80. The minimum Gasteiger partial charge on any atom is -0.504 e. The van der Waals surface area contributed by atoms with Gasteiger partial charge in [-0.3, -0.25) is 0 Å². The summed E-state index contributed by atoms with van der Waals surface area (Å²) in [5, 5.41) is 19.3. The van der Waals surface area contributed by atoms with E-state index in [0.29, 0.717) is 0 Å². The molecular formula is C13H17NO2. The van der Waals surface area contributed by atoms with E-state index in [-0.39, 0.29) is 11.5 Å². The number of hydrogen-bond donors (Lipinski definition) is 2. The zero-order chi connectivity index (χ0) is 11.7. The lowest BCUT2D eigenvalue weighted by Gasteiger charge is -2.21. The Hall–Kier alpha value is -1.48. The summed E-state index contributed by atoms with van der Waals surface area (Å²) in [6.45, 7) is 0.858. The van der Waals surface area contributed by atoms with Gasteiger partial charge in [0.1, 0.15) is 0 Å². The molecule has 0 spiro atoms. The second-order valence-electron chi connectivity index (χ2n) is 4.47. The normalized spacial score (nSPS) is 14.8. The Kier molecular flexibility index (Phi) is 2.88. The fourth-order valence-electron chi connectivity index (χ4n) is 2.17. The highest BCUT2D eigenvalue weighted by molar-refractivity contribution is 5.74. The fraction of sp³-hybridized carbons (Fsp3) is 0.385. The summed E-state index contributed by atoms with van der Waals surface area (Å²) >= 11 is 0. The minimum absolute atomic E-state index is 0.0233. The van der Waals surface area contributed by atoms with Crippen molar-refractivity contribution in [3.05, 3.63) is 29.3 Å². The molecule has 86 valence electrons. The molecule has 2 N–H and O–H groups in total. The van der Waals surface area contributed by atoms with Crippen molar-refractivity contribution in [3.63, 3.8) is 0 Å². The van der Waals surface area contributed by atoms with E-state index in [1.54, 1.807) is 6.07 Å². The summed E-state index contributed by atoms with van der Waals surface area (Å²) in [6, 6.07) is 3.45. The lowest BCUT2D eigenvalue weighted by molar-refractivity contribution is 0.398. The van der Waals surface area contributed by atoms with Gasteiger partial charge in [0.2, 0.25) is 0 Å². The highest BCUT2D eigenvalue weighted by atomic mass is 16.3. The number of phenols is 2. The maximum Gasteiger partial charge on any atom is 0.161 e. The van der Waals surface area contributed by atoms with Gasteiger partial charge in [-0.2, -0.15) is 0 Å². The van der Waals surface area contributed by atoms with Gasteiger partial charge in [-0.25, -0.2) is 0 Å². The Balaban J connectivity index is 2.43. The van der Waals surface area contributed by atoms with E-state index in [9.17, 15) is 10.2 Å². The van der Waals surface area contributed by atoms with E-state index in [1.165, 1.54) is 5.57 Å². The van der Waals surface area contributed by atoms with Gasteiger partial charge in [0.25, 0.3) is 0 Å². The molecule has 0 radical (unpaired) electrons. The van der Waals surface area contributed by atoms with Crippen LogP contribution in [0.1, 0.15) is 17.5 Å². The van der Waals surface area contributed by atoms with Gasteiger partial charge >= 0.3 is 0 Å². The Morgan fingerprint density at radius 1 is 1.25 bits per heavy atom. The van der Waals surface area contributed by atoms with E-state index < -0.39 is 0 Å². The Bertz CT molecular complexity index is 436. The van der Waals surface area contributed by atoms with Crippen molar-refractivity contribution in [3.8, 4) is 11.5 Å². The minimum atomic E-state index is -0.0233. The summed E-state index contributed by atoms with van der Waals surface area (Å²) in [7, 11) is 4.05. The number of hydrogen-bond acceptors (Lipinski definition) is 3. The Morgan fingerprint density at radius 3 is 2.69 bits per heavy atom. The van der Waals surface area contributed by atoms with Crippen molar-refractivity contribution in [2.45, 2.75) is 12.8 Å². The molecule has 0 amide bonds. The summed E-state index contributed by atoms with van der Waals surface area (Å²) in [6.07, 6.45) is 3.93. The smallest absolute Gasteiger partial charge is 0.161 e. The quantitative estimate of drug-likeness (QED) is 0.748. The first-order valence-electron chi connectivity index (χ1n) is 5.47. The molecular weight excluding hydrogens is 202 g/mol. The van der Waals surface area contributed by atoms with Crippen LogP contribution < -0.4 is 0 Å². The summed E-state index contributed by atoms with van der Waals surface area (Å²) < 4.78 is 0. The third-order valence-corrected chi connectivity index (χ3v) is 2.88.